The summed E-state index contributed by atoms with van der Waals surface area (Å²) in [6, 6.07) is 11.7. The highest BCUT2D eigenvalue weighted by Gasteiger charge is 2.25. The lowest BCUT2D eigenvalue weighted by Crippen LogP contribution is -2.47. The maximum absolute atomic E-state index is 13.6. The van der Waals surface area contributed by atoms with Crippen LogP contribution in [-0.4, -0.2) is 73.7 Å². The normalized spacial score (nSPS) is 23.0. The fraction of sp³-hybridized carbons (Fsp3) is 0.625. The molecule has 1 aromatic heterocycles. The van der Waals surface area contributed by atoms with Gasteiger partial charge in [-0.2, -0.15) is 0 Å². The summed E-state index contributed by atoms with van der Waals surface area (Å²) in [7, 11) is 3.60. The molecule has 1 N–H and O–H groups in total. The van der Waals surface area contributed by atoms with Crippen LogP contribution in [0.2, 0.25) is 0 Å². The molecule has 212 valence electrons. The van der Waals surface area contributed by atoms with E-state index in [-0.39, 0.29) is 11.8 Å². The average molecular weight is 536 g/mol. The van der Waals surface area contributed by atoms with Crippen LogP contribution in [0.15, 0.2) is 36.4 Å². The van der Waals surface area contributed by atoms with Gasteiger partial charge in [-0.15, -0.1) is 0 Å². The number of anilines is 1. The summed E-state index contributed by atoms with van der Waals surface area (Å²) < 4.78 is 13.6. The van der Waals surface area contributed by atoms with E-state index in [0.717, 1.165) is 68.4 Å². The quantitative estimate of drug-likeness (QED) is 0.454. The van der Waals surface area contributed by atoms with Gasteiger partial charge in [0.05, 0.1) is 0 Å². The van der Waals surface area contributed by atoms with Crippen LogP contribution in [0.1, 0.15) is 75.8 Å². The van der Waals surface area contributed by atoms with Gasteiger partial charge < -0.3 is 15.1 Å². The van der Waals surface area contributed by atoms with E-state index in [1.165, 1.54) is 57.1 Å². The van der Waals surface area contributed by atoms with Gasteiger partial charge in [-0.3, -0.25) is 4.90 Å². The van der Waals surface area contributed by atoms with Gasteiger partial charge in [0.1, 0.15) is 11.6 Å². The van der Waals surface area contributed by atoms with Crippen LogP contribution < -0.4 is 10.2 Å². The van der Waals surface area contributed by atoms with Gasteiger partial charge in [0, 0.05) is 57.9 Å². The van der Waals surface area contributed by atoms with E-state index in [1.807, 2.05) is 12.1 Å². The Morgan fingerprint density at radius 2 is 1.62 bits per heavy atom. The first-order valence-electron chi connectivity index (χ1n) is 15.2. The third kappa shape index (κ3) is 7.50. The first kappa shape index (κ1) is 27.9. The number of carbonyl (C=O) groups excluding carboxylic acids is 1. The fourth-order valence-corrected chi connectivity index (χ4v) is 6.58. The minimum Gasteiger partial charge on any atom is -0.354 e. The lowest BCUT2D eigenvalue weighted by molar-refractivity contribution is 0.194. The maximum Gasteiger partial charge on any atom is 0.317 e. The van der Waals surface area contributed by atoms with Crippen molar-refractivity contribution in [1.82, 2.24) is 20.1 Å². The molecule has 0 atom stereocenters. The topological polar surface area (TPSA) is 51.7 Å². The largest absolute Gasteiger partial charge is 0.354 e. The highest BCUT2D eigenvalue weighted by Crippen LogP contribution is 2.35. The molecule has 0 spiro atoms. The number of piperazine rings is 1. The molecule has 3 fully saturated rings. The number of benzene rings is 1. The second-order valence-electron chi connectivity index (χ2n) is 12.2. The standard InChI is InChI=1S/C32H46FN5O/c1-36(2)32(39)34-29-14-8-24(9-15-29)16-17-37-18-20-38(21-19-37)31-23-27(25-10-12-28(33)13-11-25)22-30(35-31)26-6-4-3-5-7-26/h10-13,22-24,26,29H,3-9,14-21H2,1-2H3,(H,34,39). The van der Waals surface area contributed by atoms with Crippen molar-refractivity contribution < 1.29 is 9.18 Å². The molecule has 5 rings (SSSR count). The smallest absolute Gasteiger partial charge is 0.317 e. The van der Waals surface area contributed by atoms with Crippen molar-refractivity contribution in [2.24, 2.45) is 5.92 Å². The number of pyridine rings is 1. The molecule has 2 aromatic rings. The van der Waals surface area contributed by atoms with Crippen molar-refractivity contribution in [3.63, 3.8) is 0 Å². The molecule has 2 saturated carbocycles. The molecule has 0 bridgehead atoms. The fourth-order valence-electron chi connectivity index (χ4n) is 6.58. The molecule has 1 saturated heterocycles. The summed E-state index contributed by atoms with van der Waals surface area (Å²) in [5.74, 6) is 2.18. The Hall–Kier alpha value is -2.67. The number of amides is 2. The minimum atomic E-state index is -0.194. The van der Waals surface area contributed by atoms with Crippen LogP contribution in [0.3, 0.4) is 0 Å². The highest BCUT2D eigenvalue weighted by atomic mass is 19.1. The first-order valence-corrected chi connectivity index (χ1v) is 15.2. The molecular weight excluding hydrogens is 489 g/mol. The van der Waals surface area contributed by atoms with Crippen molar-refractivity contribution >= 4 is 11.8 Å². The summed E-state index contributed by atoms with van der Waals surface area (Å²) in [4.78, 5) is 23.8. The molecule has 39 heavy (non-hydrogen) atoms. The average Bonchev–Trinajstić information content (AvgIpc) is 2.97. The van der Waals surface area contributed by atoms with E-state index >= 15 is 0 Å². The molecule has 3 aliphatic rings. The molecule has 1 aliphatic heterocycles. The number of aromatic nitrogens is 1. The van der Waals surface area contributed by atoms with E-state index in [4.69, 9.17) is 4.98 Å². The van der Waals surface area contributed by atoms with E-state index in [9.17, 15) is 9.18 Å². The summed E-state index contributed by atoms with van der Waals surface area (Å²) in [5, 5.41) is 3.15. The van der Waals surface area contributed by atoms with Gasteiger partial charge in [0.25, 0.3) is 0 Å². The zero-order valence-electron chi connectivity index (χ0n) is 23.9. The zero-order chi connectivity index (χ0) is 27.2. The van der Waals surface area contributed by atoms with Crippen LogP contribution in [-0.2, 0) is 0 Å². The lowest BCUT2D eigenvalue weighted by atomic mass is 9.84. The molecule has 2 amide bonds. The first-order chi connectivity index (χ1) is 18.9. The zero-order valence-corrected chi connectivity index (χ0v) is 23.9. The Kier molecular flexibility index (Phi) is 9.38. The minimum absolute atomic E-state index is 0.0277. The van der Waals surface area contributed by atoms with Crippen molar-refractivity contribution in [2.45, 2.75) is 76.2 Å². The van der Waals surface area contributed by atoms with Gasteiger partial charge in [-0.05, 0) is 92.8 Å². The van der Waals surface area contributed by atoms with Crippen molar-refractivity contribution in [3.8, 4) is 11.1 Å². The Morgan fingerprint density at radius 3 is 2.28 bits per heavy atom. The van der Waals surface area contributed by atoms with Crippen LogP contribution in [0.5, 0.6) is 0 Å². The lowest BCUT2D eigenvalue weighted by Gasteiger charge is -2.37. The third-order valence-corrected chi connectivity index (χ3v) is 9.16. The highest BCUT2D eigenvalue weighted by molar-refractivity contribution is 5.73. The number of carbonyl (C=O) groups is 1. The summed E-state index contributed by atoms with van der Waals surface area (Å²) in [6.45, 7) is 5.27. The third-order valence-electron chi connectivity index (χ3n) is 9.16. The van der Waals surface area contributed by atoms with Crippen LogP contribution >= 0.6 is 0 Å². The second kappa shape index (κ2) is 13.1. The second-order valence-corrected chi connectivity index (χ2v) is 12.2. The molecule has 6 nitrogen and oxygen atoms in total. The molecular formula is C32H46FN5O. The van der Waals surface area contributed by atoms with Crippen molar-refractivity contribution in [1.29, 1.82) is 0 Å². The van der Waals surface area contributed by atoms with Crippen LogP contribution in [0, 0.1) is 11.7 Å². The van der Waals surface area contributed by atoms with Crippen LogP contribution in [0.25, 0.3) is 11.1 Å². The van der Waals surface area contributed by atoms with Gasteiger partial charge in [0.15, 0.2) is 0 Å². The number of halogens is 1. The number of urea groups is 1. The summed E-state index contributed by atoms with van der Waals surface area (Å²) in [5.41, 5.74) is 3.43. The van der Waals surface area contributed by atoms with E-state index in [0.29, 0.717) is 12.0 Å². The SMILES string of the molecule is CN(C)C(=O)NC1CCC(CCN2CCN(c3cc(-c4ccc(F)cc4)cc(C4CCCCC4)n3)CC2)CC1. The Bertz CT molecular complexity index is 1070. The van der Waals surface area contributed by atoms with E-state index in [2.05, 4.69) is 27.2 Å². The number of hydrogen-bond acceptors (Lipinski definition) is 4. The number of nitrogens with zero attached hydrogens (tertiary/aromatic N) is 4. The number of rotatable bonds is 7. The molecule has 2 heterocycles. The van der Waals surface area contributed by atoms with Gasteiger partial charge in [-0.25, -0.2) is 14.2 Å². The maximum atomic E-state index is 13.6. The Balaban J connectivity index is 1.15. The predicted octanol–water partition coefficient (Wildman–Crippen LogP) is 6.28. The Labute approximate surface area is 234 Å². The molecule has 7 heteroatoms. The van der Waals surface area contributed by atoms with Crippen molar-refractivity contribution in [3.05, 3.63) is 47.9 Å². The molecule has 0 unspecified atom stereocenters. The van der Waals surface area contributed by atoms with Gasteiger partial charge >= 0.3 is 6.03 Å². The molecule has 2 aliphatic carbocycles. The van der Waals surface area contributed by atoms with Crippen LogP contribution in [0.4, 0.5) is 15.0 Å². The van der Waals surface area contributed by atoms with E-state index < -0.39 is 0 Å². The predicted molar refractivity (Wildman–Crippen MR) is 157 cm³/mol. The van der Waals surface area contributed by atoms with Gasteiger partial charge in [-0.1, -0.05) is 31.4 Å². The summed E-state index contributed by atoms with van der Waals surface area (Å²) in [6.07, 6.45) is 12.2. The monoisotopic (exact) mass is 535 g/mol. The molecule has 1 aromatic carbocycles. The van der Waals surface area contributed by atoms with E-state index in [1.54, 1.807) is 31.1 Å². The molecule has 0 radical (unpaired) electrons. The number of nitrogens with one attached hydrogen (secondary N) is 1. The summed E-state index contributed by atoms with van der Waals surface area (Å²) >= 11 is 0. The Morgan fingerprint density at radius 1 is 0.923 bits per heavy atom. The van der Waals surface area contributed by atoms with Gasteiger partial charge in [0.2, 0.25) is 0 Å². The van der Waals surface area contributed by atoms with Crippen molar-refractivity contribution in [2.75, 3.05) is 51.7 Å². The number of hydrogen-bond donors (Lipinski definition) is 1.